The number of ether oxygens (including phenoxy) is 1. The van der Waals surface area contributed by atoms with Gasteiger partial charge >= 0.3 is 0 Å². The van der Waals surface area contributed by atoms with Gasteiger partial charge in [-0.1, -0.05) is 0 Å². The average Bonchev–Trinajstić information content (AvgIpc) is 2.49. The lowest BCUT2D eigenvalue weighted by molar-refractivity contribution is 0.0377. The minimum absolute atomic E-state index is 0.0418. The van der Waals surface area contributed by atoms with Crippen LogP contribution in [0.5, 0.6) is 0 Å². The first-order valence-corrected chi connectivity index (χ1v) is 6.88. The van der Waals surface area contributed by atoms with Crippen LogP contribution in [0.25, 0.3) is 10.9 Å². The van der Waals surface area contributed by atoms with Crippen molar-refractivity contribution in [2.45, 2.75) is 18.4 Å². The summed E-state index contributed by atoms with van der Waals surface area (Å²) >= 11 is 0. The fourth-order valence-corrected chi connectivity index (χ4v) is 2.55. The molecule has 1 aliphatic heterocycles. The number of aliphatic hydroxyl groups is 1. The molecule has 0 aliphatic carbocycles. The summed E-state index contributed by atoms with van der Waals surface area (Å²) in [6.45, 7) is 1.10. The van der Waals surface area contributed by atoms with Gasteiger partial charge in [-0.25, -0.2) is 4.98 Å². The molecular weight excluding hydrogens is 272 g/mol. The molecule has 2 aromatic rings. The van der Waals surface area contributed by atoms with Crippen LogP contribution in [0, 0.1) is 0 Å². The van der Waals surface area contributed by atoms with Gasteiger partial charge in [0.15, 0.2) is 0 Å². The number of nitrogens with zero attached hydrogens (tertiary/aromatic N) is 1. The molecule has 0 spiro atoms. The first-order chi connectivity index (χ1) is 10.1. The van der Waals surface area contributed by atoms with E-state index >= 15 is 0 Å². The zero-order valence-corrected chi connectivity index (χ0v) is 11.6. The Morgan fingerprint density at radius 2 is 2.19 bits per heavy atom. The molecule has 21 heavy (non-hydrogen) atoms. The smallest absolute Gasteiger partial charge is 0.260 e. The Kier molecular flexibility index (Phi) is 3.52. The van der Waals surface area contributed by atoms with Gasteiger partial charge in [0.2, 0.25) is 5.95 Å². The van der Waals surface area contributed by atoms with Gasteiger partial charge in [-0.15, -0.1) is 0 Å². The van der Waals surface area contributed by atoms with E-state index in [1.807, 2.05) is 0 Å². The number of nitrogens with one attached hydrogen (secondary N) is 2. The van der Waals surface area contributed by atoms with Crippen molar-refractivity contribution in [2.24, 2.45) is 0 Å². The van der Waals surface area contributed by atoms with Crippen LogP contribution in [0.15, 0.2) is 23.0 Å². The number of benzene rings is 1. The molecule has 3 rings (SSSR count). The lowest BCUT2D eigenvalue weighted by atomic mass is 9.91. The third-order valence-corrected chi connectivity index (χ3v) is 3.87. The number of aliphatic hydroxyl groups excluding tert-OH is 1. The number of aromatic amines is 1. The summed E-state index contributed by atoms with van der Waals surface area (Å²) in [5.74, 6) is 0.355. The second kappa shape index (κ2) is 5.34. The van der Waals surface area contributed by atoms with Crippen LogP contribution in [0.2, 0.25) is 0 Å². The van der Waals surface area contributed by atoms with Crippen LogP contribution in [-0.4, -0.2) is 40.4 Å². The van der Waals surface area contributed by atoms with Crippen molar-refractivity contribution in [3.05, 3.63) is 28.6 Å². The van der Waals surface area contributed by atoms with E-state index in [1.165, 1.54) is 0 Å². The second-order valence-corrected chi connectivity index (χ2v) is 5.37. The Hall–Kier alpha value is -2.12. The van der Waals surface area contributed by atoms with Gasteiger partial charge in [0.25, 0.3) is 5.56 Å². The lowest BCUT2D eigenvalue weighted by Crippen LogP contribution is -2.47. The van der Waals surface area contributed by atoms with Gasteiger partial charge in [-0.05, 0) is 31.0 Å². The summed E-state index contributed by atoms with van der Waals surface area (Å²) in [5, 5.41) is 13.3. The first-order valence-electron chi connectivity index (χ1n) is 6.88. The Morgan fingerprint density at radius 3 is 2.90 bits per heavy atom. The molecule has 1 fully saturated rings. The maximum Gasteiger partial charge on any atom is 0.260 e. The fraction of sp³-hybridized carbons (Fsp3) is 0.429. The van der Waals surface area contributed by atoms with E-state index in [1.54, 1.807) is 18.2 Å². The molecule has 1 aromatic carbocycles. The van der Waals surface area contributed by atoms with Crippen molar-refractivity contribution in [1.82, 2.24) is 9.97 Å². The van der Waals surface area contributed by atoms with Crippen molar-refractivity contribution in [2.75, 3.05) is 30.9 Å². The minimum Gasteiger partial charge on any atom is -0.399 e. The van der Waals surface area contributed by atoms with E-state index < -0.39 is 5.54 Å². The molecule has 1 saturated heterocycles. The summed E-state index contributed by atoms with van der Waals surface area (Å²) in [5.41, 5.74) is 6.01. The summed E-state index contributed by atoms with van der Waals surface area (Å²) in [4.78, 5) is 19.2. The molecule has 7 heteroatoms. The van der Waals surface area contributed by atoms with Gasteiger partial charge in [0, 0.05) is 18.9 Å². The van der Waals surface area contributed by atoms with Crippen LogP contribution in [-0.2, 0) is 4.74 Å². The highest BCUT2D eigenvalue weighted by atomic mass is 16.5. The Bertz CT molecular complexity index is 707. The van der Waals surface area contributed by atoms with Crippen LogP contribution < -0.4 is 16.6 Å². The van der Waals surface area contributed by atoms with E-state index in [4.69, 9.17) is 10.5 Å². The first kappa shape index (κ1) is 13.8. The Balaban J connectivity index is 1.97. The number of fused-ring (bicyclic) bond motifs is 1. The third-order valence-electron chi connectivity index (χ3n) is 3.87. The quantitative estimate of drug-likeness (QED) is 0.611. The maximum atomic E-state index is 12.1. The van der Waals surface area contributed by atoms with Crippen molar-refractivity contribution in [1.29, 1.82) is 0 Å². The summed E-state index contributed by atoms with van der Waals surface area (Å²) in [6, 6.07) is 5.01. The molecule has 0 atom stereocenters. The third kappa shape index (κ3) is 2.70. The minimum atomic E-state index is -0.504. The number of nitrogen functional groups attached to an aromatic ring is 1. The predicted molar refractivity (Wildman–Crippen MR) is 80.3 cm³/mol. The van der Waals surface area contributed by atoms with Gasteiger partial charge in [-0.3, -0.25) is 9.78 Å². The van der Waals surface area contributed by atoms with Crippen LogP contribution in [0.1, 0.15) is 12.8 Å². The lowest BCUT2D eigenvalue weighted by Gasteiger charge is -2.36. The molecule has 2 heterocycles. The van der Waals surface area contributed by atoms with E-state index in [2.05, 4.69) is 15.3 Å². The number of hydrogen-bond acceptors (Lipinski definition) is 6. The molecule has 5 N–H and O–H groups in total. The molecule has 112 valence electrons. The highest BCUT2D eigenvalue weighted by Gasteiger charge is 2.32. The number of H-pyrrole nitrogens is 1. The standard InChI is InChI=1S/C14H18N4O3/c15-9-1-2-11-10(7-9)12(20)17-13(16-11)18-14(8-19)3-5-21-6-4-14/h1-2,7,19H,3-6,8,15H2,(H2,16,17,18,20). The summed E-state index contributed by atoms with van der Waals surface area (Å²) in [6.07, 6.45) is 1.32. The highest BCUT2D eigenvalue weighted by molar-refractivity contribution is 5.81. The highest BCUT2D eigenvalue weighted by Crippen LogP contribution is 2.24. The molecule has 0 amide bonds. The number of anilines is 2. The SMILES string of the molecule is Nc1ccc2nc(NC3(CO)CCOCC3)[nH]c(=O)c2c1. The zero-order chi connectivity index (χ0) is 14.9. The summed E-state index contributed by atoms with van der Waals surface area (Å²) in [7, 11) is 0. The Morgan fingerprint density at radius 1 is 1.43 bits per heavy atom. The molecule has 0 radical (unpaired) electrons. The molecule has 0 unspecified atom stereocenters. The van der Waals surface area contributed by atoms with Gasteiger partial charge in [0.05, 0.1) is 23.0 Å². The fourth-order valence-electron chi connectivity index (χ4n) is 2.55. The topological polar surface area (TPSA) is 113 Å². The number of rotatable bonds is 3. The molecule has 7 nitrogen and oxygen atoms in total. The predicted octanol–water partition coefficient (Wildman–Crippen LogP) is 0.459. The van der Waals surface area contributed by atoms with E-state index in [0.717, 1.165) is 0 Å². The molecular formula is C14H18N4O3. The van der Waals surface area contributed by atoms with E-state index in [-0.39, 0.29) is 12.2 Å². The van der Waals surface area contributed by atoms with Crippen molar-refractivity contribution < 1.29 is 9.84 Å². The molecule has 0 saturated carbocycles. The van der Waals surface area contributed by atoms with Gasteiger partial charge in [0.1, 0.15) is 0 Å². The normalized spacial score (nSPS) is 17.8. The van der Waals surface area contributed by atoms with Gasteiger partial charge in [-0.2, -0.15) is 0 Å². The largest absolute Gasteiger partial charge is 0.399 e. The van der Waals surface area contributed by atoms with Crippen molar-refractivity contribution in [3.63, 3.8) is 0 Å². The van der Waals surface area contributed by atoms with Gasteiger partial charge < -0.3 is 20.9 Å². The zero-order valence-electron chi connectivity index (χ0n) is 11.6. The van der Waals surface area contributed by atoms with Crippen molar-refractivity contribution in [3.8, 4) is 0 Å². The summed E-state index contributed by atoms with van der Waals surface area (Å²) < 4.78 is 5.31. The van der Waals surface area contributed by atoms with Crippen LogP contribution in [0.4, 0.5) is 11.6 Å². The van der Waals surface area contributed by atoms with Crippen molar-refractivity contribution >= 4 is 22.5 Å². The Labute approximate surface area is 121 Å². The average molecular weight is 290 g/mol. The molecule has 1 aliphatic rings. The maximum absolute atomic E-state index is 12.1. The second-order valence-electron chi connectivity index (χ2n) is 5.37. The van der Waals surface area contributed by atoms with E-state index in [9.17, 15) is 9.90 Å². The molecule has 1 aromatic heterocycles. The van der Waals surface area contributed by atoms with E-state index in [0.29, 0.717) is 48.6 Å². The number of hydrogen-bond donors (Lipinski definition) is 4. The number of aromatic nitrogens is 2. The number of nitrogens with two attached hydrogens (primary N) is 1. The molecule has 0 bridgehead atoms. The monoisotopic (exact) mass is 290 g/mol. The van der Waals surface area contributed by atoms with Crippen LogP contribution >= 0.6 is 0 Å². The van der Waals surface area contributed by atoms with Crippen LogP contribution in [0.3, 0.4) is 0 Å².